The van der Waals surface area contributed by atoms with Crippen LogP contribution in [0.3, 0.4) is 0 Å². The van der Waals surface area contributed by atoms with Crippen LogP contribution in [0.1, 0.15) is 18.4 Å². The monoisotopic (exact) mass is 318 g/mol. The van der Waals surface area contributed by atoms with E-state index in [-0.39, 0.29) is 0 Å². The Morgan fingerprint density at radius 1 is 1.29 bits per heavy atom. The lowest BCUT2D eigenvalue weighted by Gasteiger charge is -2.17. The van der Waals surface area contributed by atoms with E-state index in [0.717, 1.165) is 22.9 Å². The maximum Gasteiger partial charge on any atom is 0.301 e. The molecule has 1 fully saturated rings. The molecule has 0 unspecified atom stereocenters. The van der Waals surface area contributed by atoms with Crippen LogP contribution >= 0.6 is 15.9 Å². The quantitative estimate of drug-likeness (QED) is 0.931. The number of nitrogens with one attached hydrogen (secondary N) is 1. The van der Waals surface area contributed by atoms with E-state index in [0.29, 0.717) is 18.8 Å². The zero-order valence-electron chi connectivity index (χ0n) is 9.61. The van der Waals surface area contributed by atoms with Gasteiger partial charge in [0.25, 0.3) is 0 Å². The van der Waals surface area contributed by atoms with Crippen molar-refractivity contribution in [2.24, 2.45) is 0 Å². The van der Waals surface area contributed by atoms with Crippen molar-refractivity contribution < 1.29 is 8.42 Å². The molecule has 1 heterocycles. The second-order valence-corrected chi connectivity index (χ2v) is 6.72. The summed E-state index contributed by atoms with van der Waals surface area (Å²) in [6, 6.07) is 5.54. The molecule has 4 nitrogen and oxygen atoms in total. The third kappa shape index (κ3) is 3.00. The van der Waals surface area contributed by atoms with Gasteiger partial charge < -0.3 is 0 Å². The first-order chi connectivity index (χ1) is 7.99. The smallest absolute Gasteiger partial charge is 0.270 e. The third-order valence-electron chi connectivity index (χ3n) is 2.77. The van der Waals surface area contributed by atoms with Gasteiger partial charge in [0, 0.05) is 17.6 Å². The summed E-state index contributed by atoms with van der Waals surface area (Å²) >= 11 is 3.36. The first-order valence-electron chi connectivity index (χ1n) is 5.53. The fourth-order valence-corrected chi connectivity index (χ4v) is 3.88. The van der Waals surface area contributed by atoms with Gasteiger partial charge in [0.2, 0.25) is 0 Å². The summed E-state index contributed by atoms with van der Waals surface area (Å²) in [5, 5.41) is 0. The number of nitrogens with zero attached hydrogens (tertiary/aromatic N) is 1. The van der Waals surface area contributed by atoms with Crippen LogP contribution in [0.25, 0.3) is 0 Å². The van der Waals surface area contributed by atoms with Crippen molar-refractivity contribution in [1.29, 1.82) is 0 Å². The maximum atomic E-state index is 12.0. The van der Waals surface area contributed by atoms with Crippen LogP contribution in [-0.4, -0.2) is 25.8 Å². The van der Waals surface area contributed by atoms with Gasteiger partial charge in [-0.05, 0) is 53.4 Å². The van der Waals surface area contributed by atoms with E-state index in [2.05, 4.69) is 20.7 Å². The molecule has 0 amide bonds. The molecule has 0 bridgehead atoms. The molecule has 1 aromatic carbocycles. The average molecular weight is 319 g/mol. The largest absolute Gasteiger partial charge is 0.301 e. The normalized spacial score (nSPS) is 17.3. The third-order valence-corrected chi connectivity index (χ3v) is 4.95. The SMILES string of the molecule is Cc1ccc(NS(=O)(=O)N2CCCC2)c(Br)c1. The molecule has 0 radical (unpaired) electrons. The average Bonchev–Trinajstić information content (AvgIpc) is 2.76. The molecule has 0 spiro atoms. The molecule has 17 heavy (non-hydrogen) atoms. The first kappa shape index (κ1) is 12.9. The van der Waals surface area contributed by atoms with Crippen LogP contribution in [-0.2, 0) is 10.2 Å². The first-order valence-corrected chi connectivity index (χ1v) is 7.76. The van der Waals surface area contributed by atoms with Gasteiger partial charge in [-0.15, -0.1) is 0 Å². The van der Waals surface area contributed by atoms with Gasteiger partial charge in [-0.1, -0.05) is 6.07 Å². The number of halogens is 1. The number of rotatable bonds is 3. The summed E-state index contributed by atoms with van der Waals surface area (Å²) in [5.41, 5.74) is 1.67. The van der Waals surface area contributed by atoms with Gasteiger partial charge in [0.15, 0.2) is 0 Å². The lowest BCUT2D eigenvalue weighted by Crippen LogP contribution is -2.33. The highest BCUT2D eigenvalue weighted by Gasteiger charge is 2.25. The van der Waals surface area contributed by atoms with Crippen LogP contribution in [0.15, 0.2) is 22.7 Å². The summed E-state index contributed by atoms with van der Waals surface area (Å²) in [6.45, 7) is 3.18. The zero-order valence-corrected chi connectivity index (χ0v) is 12.0. The molecule has 6 heteroatoms. The van der Waals surface area contributed by atoms with Crippen molar-refractivity contribution in [3.8, 4) is 0 Å². The minimum atomic E-state index is -3.40. The highest BCUT2D eigenvalue weighted by molar-refractivity contribution is 9.10. The van der Waals surface area contributed by atoms with E-state index >= 15 is 0 Å². The number of anilines is 1. The predicted molar refractivity (Wildman–Crippen MR) is 72.2 cm³/mol. The van der Waals surface area contributed by atoms with Crippen LogP contribution in [0.4, 0.5) is 5.69 Å². The fourth-order valence-electron chi connectivity index (χ4n) is 1.83. The number of benzene rings is 1. The lowest BCUT2D eigenvalue weighted by molar-refractivity contribution is 0.482. The molecule has 1 aliphatic rings. The molecule has 1 aliphatic heterocycles. The minimum absolute atomic E-state index is 0.586. The van der Waals surface area contributed by atoms with E-state index in [1.165, 1.54) is 4.31 Å². The number of hydrogen-bond donors (Lipinski definition) is 1. The molecule has 1 aromatic rings. The summed E-state index contributed by atoms with van der Waals surface area (Å²) in [6.07, 6.45) is 1.88. The molecule has 0 atom stereocenters. The molecular formula is C11H15BrN2O2S. The van der Waals surface area contributed by atoms with Gasteiger partial charge in [-0.25, -0.2) is 0 Å². The Labute approximate surface area is 110 Å². The predicted octanol–water partition coefficient (Wildman–Crippen LogP) is 2.51. The highest BCUT2D eigenvalue weighted by Crippen LogP contribution is 2.25. The minimum Gasteiger partial charge on any atom is -0.270 e. The Kier molecular flexibility index (Phi) is 3.75. The molecule has 1 N–H and O–H groups in total. The van der Waals surface area contributed by atoms with Crippen LogP contribution in [0.5, 0.6) is 0 Å². The van der Waals surface area contributed by atoms with E-state index in [4.69, 9.17) is 0 Å². The lowest BCUT2D eigenvalue weighted by atomic mass is 10.2. The van der Waals surface area contributed by atoms with Gasteiger partial charge >= 0.3 is 10.2 Å². The van der Waals surface area contributed by atoms with E-state index < -0.39 is 10.2 Å². The molecule has 0 aliphatic carbocycles. The Balaban J connectivity index is 2.19. The van der Waals surface area contributed by atoms with Crippen LogP contribution in [0, 0.1) is 6.92 Å². The Morgan fingerprint density at radius 2 is 1.94 bits per heavy atom. The zero-order chi connectivity index (χ0) is 12.5. The molecule has 94 valence electrons. The van der Waals surface area contributed by atoms with E-state index in [1.54, 1.807) is 6.07 Å². The van der Waals surface area contributed by atoms with E-state index in [9.17, 15) is 8.42 Å². The maximum absolute atomic E-state index is 12.0. The summed E-state index contributed by atoms with van der Waals surface area (Å²) in [4.78, 5) is 0. The van der Waals surface area contributed by atoms with Crippen LogP contribution < -0.4 is 4.72 Å². The standard InChI is InChI=1S/C11H15BrN2O2S/c1-9-4-5-11(10(12)8-9)13-17(15,16)14-6-2-3-7-14/h4-5,8,13H,2-3,6-7H2,1H3. The Hall–Kier alpha value is -0.590. The molecule has 1 saturated heterocycles. The Morgan fingerprint density at radius 3 is 2.53 bits per heavy atom. The van der Waals surface area contributed by atoms with Gasteiger partial charge in [-0.2, -0.15) is 12.7 Å². The van der Waals surface area contributed by atoms with Crippen molar-refractivity contribution in [2.75, 3.05) is 17.8 Å². The summed E-state index contributed by atoms with van der Waals surface area (Å²) in [5.74, 6) is 0. The topological polar surface area (TPSA) is 49.4 Å². The molecule has 2 rings (SSSR count). The van der Waals surface area contributed by atoms with Crippen molar-refractivity contribution in [2.45, 2.75) is 19.8 Å². The molecular weight excluding hydrogens is 304 g/mol. The fraction of sp³-hybridized carbons (Fsp3) is 0.455. The summed E-state index contributed by atoms with van der Waals surface area (Å²) in [7, 11) is -3.40. The highest BCUT2D eigenvalue weighted by atomic mass is 79.9. The van der Waals surface area contributed by atoms with Crippen molar-refractivity contribution in [3.05, 3.63) is 28.2 Å². The summed E-state index contributed by atoms with van der Waals surface area (Å²) < 4.78 is 28.9. The van der Waals surface area contributed by atoms with Gasteiger partial charge in [0.1, 0.15) is 0 Å². The molecule has 0 aromatic heterocycles. The van der Waals surface area contributed by atoms with Gasteiger partial charge in [-0.3, -0.25) is 4.72 Å². The molecule has 0 saturated carbocycles. The number of hydrogen-bond acceptors (Lipinski definition) is 2. The second-order valence-electron chi connectivity index (χ2n) is 4.20. The van der Waals surface area contributed by atoms with Crippen LogP contribution in [0.2, 0.25) is 0 Å². The van der Waals surface area contributed by atoms with Gasteiger partial charge in [0.05, 0.1) is 5.69 Å². The number of aryl methyl sites for hydroxylation is 1. The second kappa shape index (κ2) is 4.96. The van der Waals surface area contributed by atoms with Crippen molar-refractivity contribution >= 4 is 31.8 Å². The Bertz CT molecular complexity index is 510. The van der Waals surface area contributed by atoms with Crippen molar-refractivity contribution in [3.63, 3.8) is 0 Å². The van der Waals surface area contributed by atoms with E-state index in [1.807, 2.05) is 19.1 Å². The van der Waals surface area contributed by atoms with Crippen molar-refractivity contribution in [1.82, 2.24) is 4.31 Å².